The van der Waals surface area contributed by atoms with Gasteiger partial charge in [-0.2, -0.15) is 0 Å². The third-order valence-corrected chi connectivity index (χ3v) is 5.23. The van der Waals surface area contributed by atoms with Crippen LogP contribution in [0.25, 0.3) is 0 Å². The maximum atomic E-state index is 10.8. The first-order chi connectivity index (χ1) is 11.6. The highest BCUT2D eigenvalue weighted by molar-refractivity contribution is 5.65. The fourth-order valence-corrected chi connectivity index (χ4v) is 3.35. The maximum Gasteiger partial charge on any atom is 0.302 e. The number of rotatable bonds is 15. The zero-order valence-corrected chi connectivity index (χ0v) is 17.8. The van der Waals surface area contributed by atoms with E-state index in [1.54, 1.807) is 0 Å². The van der Waals surface area contributed by atoms with E-state index >= 15 is 0 Å². The molecule has 0 aliphatic carbocycles. The van der Waals surface area contributed by atoms with Crippen LogP contribution in [0.4, 0.5) is 0 Å². The molecule has 0 aromatic rings. The lowest BCUT2D eigenvalue weighted by molar-refractivity contribution is -0.142. The molecule has 0 radical (unpaired) electrons. The second-order valence-electron chi connectivity index (χ2n) is 8.95. The average molecular weight is 357 g/mol. The van der Waals surface area contributed by atoms with E-state index < -0.39 is 5.60 Å². The van der Waals surface area contributed by atoms with Gasteiger partial charge in [-0.1, -0.05) is 79.1 Å². The first-order valence-electron chi connectivity index (χ1n) is 10.5. The SMILES string of the molecule is CC(=O)OCCC(C)(O)CCC[C@H](C)CCC[C@H](C)CCCC(C)C. The summed E-state index contributed by atoms with van der Waals surface area (Å²) in [4.78, 5) is 10.8. The van der Waals surface area contributed by atoms with Crippen molar-refractivity contribution in [1.29, 1.82) is 0 Å². The summed E-state index contributed by atoms with van der Waals surface area (Å²) in [7, 11) is 0. The molecule has 0 bridgehead atoms. The van der Waals surface area contributed by atoms with Crippen molar-refractivity contribution in [2.75, 3.05) is 6.61 Å². The predicted octanol–water partition coefficient (Wildman–Crippen LogP) is 6.13. The minimum atomic E-state index is -0.722. The van der Waals surface area contributed by atoms with Crippen LogP contribution in [0.15, 0.2) is 0 Å². The van der Waals surface area contributed by atoms with Crippen LogP contribution in [0.1, 0.15) is 106 Å². The molecule has 0 spiro atoms. The monoisotopic (exact) mass is 356 g/mol. The lowest BCUT2D eigenvalue weighted by atomic mass is 9.89. The van der Waals surface area contributed by atoms with Gasteiger partial charge in [0, 0.05) is 13.3 Å². The molecule has 0 aliphatic rings. The Morgan fingerprint density at radius 1 is 0.880 bits per heavy atom. The van der Waals surface area contributed by atoms with E-state index in [4.69, 9.17) is 4.74 Å². The fourth-order valence-electron chi connectivity index (χ4n) is 3.35. The van der Waals surface area contributed by atoms with E-state index in [1.807, 2.05) is 6.92 Å². The van der Waals surface area contributed by atoms with E-state index in [9.17, 15) is 9.90 Å². The number of carbonyl (C=O) groups is 1. The first kappa shape index (κ1) is 24.4. The van der Waals surface area contributed by atoms with Crippen molar-refractivity contribution in [2.24, 2.45) is 17.8 Å². The standard InChI is InChI=1S/C22H44O3/c1-18(2)10-7-11-19(3)12-8-13-20(4)14-9-15-22(6,24)16-17-25-21(5)23/h18-20,24H,7-17H2,1-6H3/t19-,20-,22?/m1/s1. The van der Waals surface area contributed by atoms with E-state index in [2.05, 4.69) is 27.7 Å². The van der Waals surface area contributed by atoms with Crippen LogP contribution in [-0.2, 0) is 9.53 Å². The molecule has 3 atom stereocenters. The molecule has 3 heteroatoms. The van der Waals surface area contributed by atoms with Crippen molar-refractivity contribution < 1.29 is 14.6 Å². The Bertz CT molecular complexity index is 336. The van der Waals surface area contributed by atoms with Gasteiger partial charge < -0.3 is 9.84 Å². The van der Waals surface area contributed by atoms with Crippen molar-refractivity contribution in [3.8, 4) is 0 Å². The Hall–Kier alpha value is -0.570. The Balaban J connectivity index is 3.68. The Kier molecular flexibility index (Phi) is 13.3. The molecule has 0 fully saturated rings. The zero-order chi connectivity index (χ0) is 19.3. The van der Waals surface area contributed by atoms with Crippen LogP contribution in [0.3, 0.4) is 0 Å². The molecule has 0 aromatic heterocycles. The van der Waals surface area contributed by atoms with Gasteiger partial charge in [-0.05, 0) is 31.1 Å². The summed E-state index contributed by atoms with van der Waals surface area (Å²) in [6.45, 7) is 12.9. The summed E-state index contributed by atoms with van der Waals surface area (Å²) in [5.41, 5.74) is -0.722. The third kappa shape index (κ3) is 16.6. The fraction of sp³-hybridized carbons (Fsp3) is 0.955. The molecule has 1 unspecified atom stereocenters. The van der Waals surface area contributed by atoms with E-state index in [0.717, 1.165) is 30.6 Å². The van der Waals surface area contributed by atoms with Crippen molar-refractivity contribution in [3.63, 3.8) is 0 Å². The quantitative estimate of drug-likeness (QED) is 0.359. The summed E-state index contributed by atoms with van der Waals surface area (Å²) in [5, 5.41) is 10.3. The molecule has 0 amide bonds. The van der Waals surface area contributed by atoms with E-state index in [-0.39, 0.29) is 5.97 Å². The average Bonchev–Trinajstić information content (AvgIpc) is 2.45. The van der Waals surface area contributed by atoms with Gasteiger partial charge in [0.2, 0.25) is 0 Å². The van der Waals surface area contributed by atoms with Gasteiger partial charge in [0.15, 0.2) is 0 Å². The summed E-state index contributed by atoms with van der Waals surface area (Å²) < 4.78 is 4.92. The van der Waals surface area contributed by atoms with Crippen molar-refractivity contribution in [3.05, 3.63) is 0 Å². The minimum Gasteiger partial charge on any atom is -0.466 e. The Labute approximate surface area is 156 Å². The van der Waals surface area contributed by atoms with Gasteiger partial charge >= 0.3 is 5.97 Å². The number of aliphatic hydroxyl groups is 1. The van der Waals surface area contributed by atoms with Crippen LogP contribution in [0.5, 0.6) is 0 Å². The highest BCUT2D eigenvalue weighted by atomic mass is 16.5. The largest absolute Gasteiger partial charge is 0.466 e. The summed E-state index contributed by atoms with van der Waals surface area (Å²) in [5.74, 6) is 2.14. The smallest absolute Gasteiger partial charge is 0.302 e. The van der Waals surface area contributed by atoms with Gasteiger partial charge in [-0.3, -0.25) is 4.79 Å². The van der Waals surface area contributed by atoms with Crippen molar-refractivity contribution in [1.82, 2.24) is 0 Å². The number of ether oxygens (including phenoxy) is 1. The number of hydrogen-bond donors (Lipinski definition) is 1. The van der Waals surface area contributed by atoms with Crippen LogP contribution in [0, 0.1) is 17.8 Å². The van der Waals surface area contributed by atoms with Gasteiger partial charge in [-0.15, -0.1) is 0 Å². The molecular weight excluding hydrogens is 312 g/mol. The zero-order valence-electron chi connectivity index (χ0n) is 17.8. The van der Waals surface area contributed by atoms with Crippen molar-refractivity contribution in [2.45, 2.75) is 111 Å². The van der Waals surface area contributed by atoms with Crippen molar-refractivity contribution >= 4 is 5.97 Å². The molecule has 25 heavy (non-hydrogen) atoms. The molecule has 150 valence electrons. The second kappa shape index (κ2) is 13.6. The highest BCUT2D eigenvalue weighted by Gasteiger charge is 2.20. The predicted molar refractivity (Wildman–Crippen MR) is 107 cm³/mol. The number of carbonyl (C=O) groups excluding carboxylic acids is 1. The molecule has 0 aromatic carbocycles. The van der Waals surface area contributed by atoms with Crippen LogP contribution in [-0.4, -0.2) is 23.3 Å². The Morgan fingerprint density at radius 2 is 1.36 bits per heavy atom. The van der Waals surface area contributed by atoms with E-state index in [1.165, 1.54) is 51.9 Å². The van der Waals surface area contributed by atoms with Gasteiger partial charge in [0.25, 0.3) is 0 Å². The van der Waals surface area contributed by atoms with Gasteiger partial charge in [0.05, 0.1) is 12.2 Å². The van der Waals surface area contributed by atoms with Crippen LogP contribution >= 0.6 is 0 Å². The van der Waals surface area contributed by atoms with Crippen LogP contribution < -0.4 is 0 Å². The first-order valence-corrected chi connectivity index (χ1v) is 10.5. The lowest BCUT2D eigenvalue weighted by Crippen LogP contribution is -2.26. The number of esters is 1. The molecule has 0 saturated heterocycles. The molecule has 3 nitrogen and oxygen atoms in total. The van der Waals surface area contributed by atoms with Crippen LogP contribution in [0.2, 0.25) is 0 Å². The summed E-state index contributed by atoms with van der Waals surface area (Å²) in [6, 6.07) is 0. The maximum absolute atomic E-state index is 10.8. The molecular formula is C22H44O3. The number of hydrogen-bond acceptors (Lipinski definition) is 3. The van der Waals surface area contributed by atoms with Gasteiger partial charge in [0.1, 0.15) is 0 Å². The topological polar surface area (TPSA) is 46.5 Å². The molecule has 1 N–H and O–H groups in total. The summed E-state index contributed by atoms with van der Waals surface area (Å²) in [6.07, 6.45) is 11.6. The lowest BCUT2D eigenvalue weighted by Gasteiger charge is -2.23. The molecule has 0 heterocycles. The molecule has 0 saturated carbocycles. The normalized spacial score (nSPS) is 16.5. The highest BCUT2D eigenvalue weighted by Crippen LogP contribution is 2.24. The molecule has 0 aliphatic heterocycles. The third-order valence-electron chi connectivity index (χ3n) is 5.23. The second-order valence-corrected chi connectivity index (χ2v) is 8.95. The molecule has 0 rings (SSSR count). The summed E-state index contributed by atoms with van der Waals surface area (Å²) >= 11 is 0. The van der Waals surface area contributed by atoms with Gasteiger partial charge in [-0.25, -0.2) is 0 Å². The van der Waals surface area contributed by atoms with E-state index in [0.29, 0.717) is 13.0 Å². The minimum absolute atomic E-state index is 0.275. The Morgan fingerprint density at radius 3 is 1.84 bits per heavy atom.